The highest BCUT2D eigenvalue weighted by molar-refractivity contribution is 7.09. The number of amides is 1. The number of hydrogen-bond acceptors (Lipinski definition) is 5. The van der Waals surface area contributed by atoms with E-state index in [0.717, 1.165) is 36.9 Å². The topological polar surface area (TPSA) is 45.7 Å². The van der Waals surface area contributed by atoms with Crippen LogP contribution in [0.2, 0.25) is 0 Å². The number of morpholine rings is 1. The molecule has 2 aromatic rings. The normalized spacial score (nSPS) is 24.1. The van der Waals surface area contributed by atoms with Crippen molar-refractivity contribution in [2.45, 2.75) is 25.4 Å². The van der Waals surface area contributed by atoms with E-state index in [1.807, 2.05) is 23.3 Å². The lowest BCUT2D eigenvalue weighted by atomic mass is 10.00. The van der Waals surface area contributed by atoms with Gasteiger partial charge in [0, 0.05) is 25.0 Å². The van der Waals surface area contributed by atoms with E-state index < -0.39 is 0 Å². The second-order valence-electron chi connectivity index (χ2n) is 6.73. The molecular formula is C19H23N3O2S. The first-order valence-corrected chi connectivity index (χ1v) is 9.66. The molecule has 1 amide bonds. The van der Waals surface area contributed by atoms with Crippen molar-refractivity contribution in [2.24, 2.45) is 0 Å². The third-order valence-corrected chi connectivity index (χ3v) is 5.87. The van der Waals surface area contributed by atoms with Crippen LogP contribution in [0.5, 0.6) is 0 Å². The van der Waals surface area contributed by atoms with Gasteiger partial charge in [-0.1, -0.05) is 30.3 Å². The summed E-state index contributed by atoms with van der Waals surface area (Å²) in [5.74, 6) is 0.173. The van der Waals surface area contributed by atoms with Crippen molar-refractivity contribution in [3.63, 3.8) is 0 Å². The van der Waals surface area contributed by atoms with Crippen LogP contribution in [0.3, 0.4) is 0 Å². The molecule has 5 nitrogen and oxygen atoms in total. The second-order valence-corrected chi connectivity index (χ2v) is 7.79. The molecule has 0 radical (unpaired) electrons. The highest BCUT2D eigenvalue weighted by Crippen LogP contribution is 2.29. The number of ether oxygens (including phenoxy) is 1. The molecule has 0 aliphatic carbocycles. The number of thiazole rings is 1. The summed E-state index contributed by atoms with van der Waals surface area (Å²) in [6.45, 7) is 5.82. The molecule has 3 heterocycles. The van der Waals surface area contributed by atoms with Gasteiger partial charge in [-0.15, -0.1) is 11.3 Å². The van der Waals surface area contributed by atoms with Gasteiger partial charge in [-0.3, -0.25) is 9.69 Å². The Morgan fingerprint density at radius 1 is 1.28 bits per heavy atom. The van der Waals surface area contributed by atoms with Gasteiger partial charge in [0.1, 0.15) is 0 Å². The first-order valence-electron chi connectivity index (χ1n) is 8.78. The fourth-order valence-electron chi connectivity index (χ4n) is 3.79. The molecule has 0 N–H and O–H groups in total. The Morgan fingerprint density at radius 3 is 2.88 bits per heavy atom. The number of hydrogen-bond donors (Lipinski definition) is 0. The van der Waals surface area contributed by atoms with E-state index in [1.54, 1.807) is 11.3 Å². The van der Waals surface area contributed by atoms with E-state index >= 15 is 0 Å². The van der Waals surface area contributed by atoms with Gasteiger partial charge < -0.3 is 9.64 Å². The maximum atomic E-state index is 12.6. The standard InChI is InChI=1S/C19H23N3O2S/c1-14-20-16(13-25-14)9-19(23)21-7-8-22-17(10-21)11-24-12-18(22)15-5-3-2-4-6-15/h2-6,13,17-18H,7-12H2,1H3/t17-,18-/m1/s1. The average Bonchev–Trinajstić information content (AvgIpc) is 3.06. The predicted octanol–water partition coefficient (Wildman–Crippen LogP) is 2.28. The third kappa shape index (κ3) is 3.61. The lowest BCUT2D eigenvalue weighted by Crippen LogP contribution is -2.60. The van der Waals surface area contributed by atoms with Crippen molar-refractivity contribution in [1.82, 2.24) is 14.8 Å². The van der Waals surface area contributed by atoms with E-state index in [-0.39, 0.29) is 11.9 Å². The number of nitrogens with zero attached hydrogens (tertiary/aromatic N) is 3. The van der Waals surface area contributed by atoms with Gasteiger partial charge in [0.05, 0.1) is 42.4 Å². The zero-order chi connectivity index (χ0) is 17.2. The lowest BCUT2D eigenvalue weighted by Gasteiger charge is -2.48. The molecule has 2 aliphatic rings. The van der Waals surface area contributed by atoms with Crippen LogP contribution >= 0.6 is 11.3 Å². The predicted molar refractivity (Wildman–Crippen MR) is 97.6 cm³/mol. The van der Waals surface area contributed by atoms with Crippen LogP contribution in [0.4, 0.5) is 0 Å². The van der Waals surface area contributed by atoms with Crippen molar-refractivity contribution >= 4 is 17.2 Å². The van der Waals surface area contributed by atoms with Crippen molar-refractivity contribution in [1.29, 1.82) is 0 Å². The number of aryl methyl sites for hydroxylation is 1. The number of carbonyl (C=O) groups is 1. The SMILES string of the molecule is Cc1nc(CC(=O)N2CCN3[C@@H](COC[C@@H]3c3ccccc3)C2)cs1. The molecule has 6 heteroatoms. The zero-order valence-corrected chi connectivity index (χ0v) is 15.2. The summed E-state index contributed by atoms with van der Waals surface area (Å²) in [5.41, 5.74) is 2.18. The van der Waals surface area contributed by atoms with Gasteiger partial charge in [0.2, 0.25) is 5.91 Å². The van der Waals surface area contributed by atoms with Gasteiger partial charge >= 0.3 is 0 Å². The number of piperazine rings is 1. The smallest absolute Gasteiger partial charge is 0.228 e. The Bertz CT molecular complexity index is 733. The molecule has 1 aromatic heterocycles. The summed E-state index contributed by atoms with van der Waals surface area (Å²) in [7, 11) is 0. The van der Waals surface area contributed by atoms with E-state index in [0.29, 0.717) is 19.1 Å². The summed E-state index contributed by atoms with van der Waals surface area (Å²) < 4.78 is 5.87. The summed E-state index contributed by atoms with van der Waals surface area (Å²) in [6, 6.07) is 11.1. The molecular weight excluding hydrogens is 334 g/mol. The molecule has 1 aromatic carbocycles. The number of fused-ring (bicyclic) bond motifs is 1. The van der Waals surface area contributed by atoms with Crippen LogP contribution in [-0.2, 0) is 16.0 Å². The largest absolute Gasteiger partial charge is 0.378 e. The number of benzene rings is 1. The van der Waals surface area contributed by atoms with Crippen LogP contribution in [0.15, 0.2) is 35.7 Å². The molecule has 2 fully saturated rings. The van der Waals surface area contributed by atoms with Crippen LogP contribution in [-0.4, -0.2) is 59.6 Å². The minimum atomic E-state index is 0.173. The lowest BCUT2D eigenvalue weighted by molar-refractivity contribution is -0.139. The first kappa shape index (κ1) is 16.7. The van der Waals surface area contributed by atoms with E-state index in [2.05, 4.69) is 34.1 Å². The molecule has 25 heavy (non-hydrogen) atoms. The highest BCUT2D eigenvalue weighted by atomic mass is 32.1. The fourth-order valence-corrected chi connectivity index (χ4v) is 4.40. The molecule has 2 saturated heterocycles. The minimum Gasteiger partial charge on any atom is -0.378 e. The molecule has 4 rings (SSSR count). The van der Waals surface area contributed by atoms with Gasteiger partial charge in [-0.25, -0.2) is 4.98 Å². The molecule has 0 spiro atoms. The Balaban J connectivity index is 1.42. The van der Waals surface area contributed by atoms with Crippen LogP contribution in [0, 0.1) is 6.92 Å². The summed E-state index contributed by atoms with van der Waals surface area (Å²) >= 11 is 1.60. The summed E-state index contributed by atoms with van der Waals surface area (Å²) in [6.07, 6.45) is 0.403. The number of carbonyl (C=O) groups excluding carboxylic acids is 1. The number of rotatable bonds is 3. The van der Waals surface area contributed by atoms with E-state index in [4.69, 9.17) is 4.74 Å². The Morgan fingerprint density at radius 2 is 2.12 bits per heavy atom. The molecule has 0 saturated carbocycles. The Hall–Kier alpha value is -1.76. The van der Waals surface area contributed by atoms with E-state index in [1.165, 1.54) is 5.56 Å². The van der Waals surface area contributed by atoms with Crippen molar-refractivity contribution in [2.75, 3.05) is 32.8 Å². The fraction of sp³-hybridized carbons (Fsp3) is 0.474. The van der Waals surface area contributed by atoms with Gasteiger partial charge in [-0.2, -0.15) is 0 Å². The monoisotopic (exact) mass is 357 g/mol. The Labute approximate surface area is 152 Å². The summed E-state index contributed by atoms with van der Waals surface area (Å²) in [5, 5.41) is 3.00. The van der Waals surface area contributed by atoms with Gasteiger partial charge in [0.25, 0.3) is 0 Å². The molecule has 2 aliphatic heterocycles. The maximum Gasteiger partial charge on any atom is 0.228 e. The van der Waals surface area contributed by atoms with Crippen molar-refractivity contribution < 1.29 is 9.53 Å². The van der Waals surface area contributed by atoms with Gasteiger partial charge in [-0.05, 0) is 12.5 Å². The minimum absolute atomic E-state index is 0.173. The average molecular weight is 357 g/mol. The van der Waals surface area contributed by atoms with Crippen molar-refractivity contribution in [3.8, 4) is 0 Å². The first-order chi connectivity index (χ1) is 12.2. The van der Waals surface area contributed by atoms with Gasteiger partial charge in [0.15, 0.2) is 0 Å². The summed E-state index contributed by atoms with van der Waals surface area (Å²) in [4.78, 5) is 21.5. The molecule has 0 unspecified atom stereocenters. The van der Waals surface area contributed by atoms with Crippen molar-refractivity contribution in [3.05, 3.63) is 52.0 Å². The molecule has 132 valence electrons. The second kappa shape index (κ2) is 7.23. The Kier molecular flexibility index (Phi) is 4.83. The zero-order valence-electron chi connectivity index (χ0n) is 14.4. The van der Waals surface area contributed by atoms with Crippen LogP contribution < -0.4 is 0 Å². The van der Waals surface area contributed by atoms with Crippen LogP contribution in [0.25, 0.3) is 0 Å². The quantitative estimate of drug-likeness (QED) is 0.845. The molecule has 2 atom stereocenters. The number of aromatic nitrogens is 1. The van der Waals surface area contributed by atoms with Crippen LogP contribution in [0.1, 0.15) is 22.3 Å². The molecule has 0 bridgehead atoms. The van der Waals surface area contributed by atoms with E-state index in [9.17, 15) is 4.79 Å². The maximum absolute atomic E-state index is 12.6. The highest BCUT2D eigenvalue weighted by Gasteiger charge is 2.37. The third-order valence-electron chi connectivity index (χ3n) is 5.05.